The van der Waals surface area contributed by atoms with Crippen molar-refractivity contribution in [3.05, 3.63) is 96.0 Å². The van der Waals surface area contributed by atoms with Gasteiger partial charge < -0.3 is 0 Å². The molecule has 1 aromatic carbocycles. The number of hydrogen-bond donors (Lipinski definition) is 0. The van der Waals surface area contributed by atoms with Crippen LogP contribution in [0.1, 0.15) is 25.0 Å². The van der Waals surface area contributed by atoms with Gasteiger partial charge in [0, 0.05) is 0 Å². The van der Waals surface area contributed by atoms with Crippen LogP contribution >= 0.6 is 0 Å². The van der Waals surface area contributed by atoms with E-state index in [2.05, 4.69) is 69.0 Å². The van der Waals surface area contributed by atoms with Crippen molar-refractivity contribution in [2.75, 3.05) is 0 Å². The first kappa shape index (κ1) is 15.1. The van der Waals surface area contributed by atoms with Gasteiger partial charge in [-0.2, -0.15) is 0 Å². The summed E-state index contributed by atoms with van der Waals surface area (Å²) in [5.41, 5.74) is 7.05. The van der Waals surface area contributed by atoms with Gasteiger partial charge in [0.15, 0.2) is 7.28 Å². The lowest BCUT2D eigenvalue weighted by molar-refractivity contribution is 1.54. The van der Waals surface area contributed by atoms with E-state index in [1.165, 1.54) is 22.1 Å². The van der Waals surface area contributed by atoms with Gasteiger partial charge in [-0.1, -0.05) is 84.8 Å². The van der Waals surface area contributed by atoms with Gasteiger partial charge in [-0.15, -0.1) is 0 Å². The number of allylic oxidation sites excluding steroid dienone is 10. The number of benzene rings is 1. The zero-order chi connectivity index (χ0) is 15.2. The predicted molar refractivity (Wildman–Crippen MR) is 96.1 cm³/mol. The topological polar surface area (TPSA) is 0 Å². The maximum Gasteiger partial charge on any atom is 0.193 e. The van der Waals surface area contributed by atoms with Crippen molar-refractivity contribution in [3.8, 4) is 0 Å². The second kappa shape index (κ2) is 6.94. The summed E-state index contributed by atoms with van der Waals surface area (Å²) in [6.07, 6.45) is 12.2. The summed E-state index contributed by atoms with van der Waals surface area (Å²) in [6.45, 7) is 12.1. The SMILES string of the molecule is C=CC1=C(/C=C\C)[B]C(/C=C\C)=C(C=C)c2ccccc21. The summed E-state index contributed by atoms with van der Waals surface area (Å²) in [4.78, 5) is 0. The first-order valence-electron chi connectivity index (χ1n) is 7.20. The van der Waals surface area contributed by atoms with Crippen LogP contribution in [0.5, 0.6) is 0 Å². The fourth-order valence-electron chi connectivity index (χ4n) is 2.68. The van der Waals surface area contributed by atoms with Crippen LogP contribution in [0.3, 0.4) is 0 Å². The average molecular weight is 271 g/mol. The first-order chi connectivity index (χ1) is 10.3. The normalized spacial score (nSPS) is 15.1. The van der Waals surface area contributed by atoms with Gasteiger partial charge in [0.25, 0.3) is 0 Å². The zero-order valence-electron chi connectivity index (χ0n) is 12.8. The van der Waals surface area contributed by atoms with Crippen LogP contribution in [-0.2, 0) is 0 Å². The van der Waals surface area contributed by atoms with E-state index in [0.29, 0.717) is 0 Å². The number of fused-ring (bicyclic) bond motifs is 1. The third-order valence-corrected chi connectivity index (χ3v) is 3.54. The quantitative estimate of drug-likeness (QED) is 0.647. The lowest BCUT2D eigenvalue weighted by Gasteiger charge is -2.11. The van der Waals surface area contributed by atoms with Crippen molar-refractivity contribution in [1.29, 1.82) is 0 Å². The summed E-state index contributed by atoms with van der Waals surface area (Å²) in [5.74, 6) is 0. The highest BCUT2D eigenvalue weighted by molar-refractivity contribution is 6.59. The molecule has 2 rings (SSSR count). The van der Waals surface area contributed by atoms with Gasteiger partial charge in [0.2, 0.25) is 0 Å². The maximum absolute atomic E-state index is 4.01. The molecule has 0 aliphatic carbocycles. The largest absolute Gasteiger partial charge is 0.193 e. The van der Waals surface area contributed by atoms with Crippen molar-refractivity contribution in [2.45, 2.75) is 13.8 Å². The molecule has 1 radical (unpaired) electrons. The monoisotopic (exact) mass is 271 g/mol. The molecule has 0 saturated carbocycles. The molecule has 1 aliphatic heterocycles. The molecule has 103 valence electrons. The van der Waals surface area contributed by atoms with E-state index in [9.17, 15) is 0 Å². The van der Waals surface area contributed by atoms with Crippen molar-refractivity contribution in [2.24, 2.45) is 0 Å². The van der Waals surface area contributed by atoms with Crippen LogP contribution in [0.15, 0.2) is 84.8 Å². The highest BCUT2D eigenvalue weighted by Crippen LogP contribution is 2.35. The molecular formula is C20H20B. The minimum atomic E-state index is 1.16. The van der Waals surface area contributed by atoms with Gasteiger partial charge in [0.05, 0.1) is 0 Å². The predicted octanol–water partition coefficient (Wildman–Crippen LogP) is 5.35. The summed E-state index contributed by atoms with van der Waals surface area (Å²) in [6, 6.07) is 8.42. The molecule has 1 heterocycles. The third kappa shape index (κ3) is 2.92. The molecule has 1 heteroatoms. The number of rotatable bonds is 4. The summed E-state index contributed by atoms with van der Waals surface area (Å²) in [7, 11) is 2.20. The van der Waals surface area contributed by atoms with Gasteiger partial charge in [-0.05, 0) is 36.1 Å². The van der Waals surface area contributed by atoms with Crippen LogP contribution in [0, 0.1) is 0 Å². The van der Waals surface area contributed by atoms with Gasteiger partial charge in [0.1, 0.15) is 0 Å². The van der Waals surface area contributed by atoms with Crippen LogP contribution in [0.4, 0.5) is 0 Å². The van der Waals surface area contributed by atoms with Crippen molar-refractivity contribution in [1.82, 2.24) is 0 Å². The highest BCUT2D eigenvalue weighted by atomic mass is 14.2. The van der Waals surface area contributed by atoms with E-state index in [0.717, 1.165) is 11.1 Å². The standard InChI is InChI=1S/C20H20B/c1-5-11-19-15(7-3)17-13-9-10-14-18(17)16(8-4)20(21-19)12-6-2/h5-14H,3-4H2,1-2H3/b11-5-,12-6-. The molecule has 0 saturated heterocycles. The minimum Gasteiger partial charge on any atom is -0.0985 e. The second-order valence-electron chi connectivity index (χ2n) is 4.84. The summed E-state index contributed by atoms with van der Waals surface area (Å²) in [5, 5.41) is 0. The molecule has 0 atom stereocenters. The molecule has 1 aliphatic rings. The van der Waals surface area contributed by atoms with E-state index < -0.39 is 0 Å². The lowest BCUT2D eigenvalue weighted by atomic mass is 9.60. The Morgan fingerprint density at radius 2 is 1.24 bits per heavy atom. The highest BCUT2D eigenvalue weighted by Gasteiger charge is 2.18. The molecule has 0 N–H and O–H groups in total. The Morgan fingerprint density at radius 3 is 1.57 bits per heavy atom. The molecule has 0 unspecified atom stereocenters. The molecule has 0 aromatic heterocycles. The fourth-order valence-corrected chi connectivity index (χ4v) is 2.68. The van der Waals surface area contributed by atoms with Crippen LogP contribution in [-0.4, -0.2) is 7.28 Å². The Labute approximate surface area is 128 Å². The van der Waals surface area contributed by atoms with Crippen molar-refractivity contribution >= 4 is 18.4 Å². The molecule has 21 heavy (non-hydrogen) atoms. The van der Waals surface area contributed by atoms with Gasteiger partial charge in [-0.3, -0.25) is 0 Å². The van der Waals surface area contributed by atoms with E-state index in [4.69, 9.17) is 0 Å². The molecular weight excluding hydrogens is 251 g/mol. The van der Waals surface area contributed by atoms with Crippen molar-refractivity contribution in [3.63, 3.8) is 0 Å². The summed E-state index contributed by atoms with van der Waals surface area (Å²) < 4.78 is 0. The Bertz CT molecular complexity index is 623. The molecule has 0 fully saturated rings. The van der Waals surface area contributed by atoms with Gasteiger partial charge >= 0.3 is 0 Å². The molecule has 1 aromatic rings. The molecule has 0 amide bonds. The van der Waals surface area contributed by atoms with E-state index in [-0.39, 0.29) is 0 Å². The van der Waals surface area contributed by atoms with Crippen LogP contribution in [0.25, 0.3) is 11.1 Å². The van der Waals surface area contributed by atoms with Crippen LogP contribution < -0.4 is 0 Å². The van der Waals surface area contributed by atoms with Crippen LogP contribution in [0.2, 0.25) is 0 Å². The first-order valence-corrected chi connectivity index (χ1v) is 7.20. The van der Waals surface area contributed by atoms with Gasteiger partial charge in [-0.25, -0.2) is 0 Å². The molecule has 0 nitrogen and oxygen atoms in total. The van der Waals surface area contributed by atoms with Crippen molar-refractivity contribution < 1.29 is 0 Å². The average Bonchev–Trinajstić information content (AvgIpc) is 2.62. The number of hydrogen-bond acceptors (Lipinski definition) is 0. The maximum atomic E-state index is 4.01. The Kier molecular flexibility index (Phi) is 5.00. The Balaban J connectivity index is 2.85. The van der Waals surface area contributed by atoms with E-state index in [1.54, 1.807) is 0 Å². The van der Waals surface area contributed by atoms with E-state index >= 15 is 0 Å². The smallest absolute Gasteiger partial charge is 0.0985 e. The third-order valence-electron chi connectivity index (χ3n) is 3.54. The minimum absolute atomic E-state index is 1.16. The fraction of sp³-hybridized carbons (Fsp3) is 0.100. The Morgan fingerprint density at radius 1 is 0.810 bits per heavy atom. The van der Waals surface area contributed by atoms with E-state index in [1.807, 2.05) is 26.0 Å². The zero-order valence-corrected chi connectivity index (χ0v) is 12.8. The molecule has 0 bridgehead atoms. The molecule has 0 spiro atoms. The summed E-state index contributed by atoms with van der Waals surface area (Å²) >= 11 is 0. The lowest BCUT2D eigenvalue weighted by Crippen LogP contribution is -1.99. The second-order valence-corrected chi connectivity index (χ2v) is 4.84. The Hall–Kier alpha value is -2.28.